The Labute approximate surface area is 123 Å². The summed E-state index contributed by atoms with van der Waals surface area (Å²) in [5, 5.41) is 7.86. The molecule has 0 aliphatic carbocycles. The second-order valence-corrected chi connectivity index (χ2v) is 5.98. The monoisotopic (exact) mass is 305 g/mol. The van der Waals surface area contributed by atoms with Gasteiger partial charge in [0.15, 0.2) is 0 Å². The van der Waals surface area contributed by atoms with Crippen LogP contribution in [0, 0.1) is 13.8 Å². The largest absolute Gasteiger partial charge is 0.397 e. The molecule has 0 bridgehead atoms. The van der Waals surface area contributed by atoms with Gasteiger partial charge in [0, 0.05) is 0 Å². The van der Waals surface area contributed by atoms with Crippen molar-refractivity contribution in [1.82, 2.24) is 0 Å². The number of benzene rings is 2. The van der Waals surface area contributed by atoms with E-state index in [1.807, 2.05) is 6.07 Å². The van der Waals surface area contributed by atoms with Crippen molar-refractivity contribution in [3.8, 4) is 0 Å². The van der Waals surface area contributed by atoms with Gasteiger partial charge < -0.3 is 5.73 Å². The van der Waals surface area contributed by atoms with Crippen LogP contribution in [0.25, 0.3) is 0 Å². The normalized spacial score (nSPS) is 12.0. The Morgan fingerprint density at radius 2 is 1.71 bits per heavy atom. The molecule has 7 heteroatoms. The second kappa shape index (κ2) is 5.63. The fraction of sp³-hybridized carbons (Fsp3) is 0.143. The lowest BCUT2D eigenvalue weighted by Crippen LogP contribution is -2.03. The Morgan fingerprint density at radius 1 is 1.10 bits per heavy atom. The van der Waals surface area contributed by atoms with Gasteiger partial charge in [-0.05, 0) is 43.2 Å². The van der Waals surface area contributed by atoms with Gasteiger partial charge in [-0.1, -0.05) is 18.2 Å². The summed E-state index contributed by atoms with van der Waals surface area (Å²) in [6, 6.07) is 10.2. The van der Waals surface area contributed by atoms with Gasteiger partial charge in [0.2, 0.25) is 0 Å². The summed E-state index contributed by atoms with van der Waals surface area (Å²) < 4.78 is 32.3. The van der Waals surface area contributed by atoms with Crippen LogP contribution >= 0.6 is 0 Å². The van der Waals surface area contributed by atoms with Crippen molar-refractivity contribution < 1.29 is 13.0 Å². The van der Waals surface area contributed by atoms with Crippen molar-refractivity contribution in [1.29, 1.82) is 0 Å². The van der Waals surface area contributed by atoms with Crippen molar-refractivity contribution in [2.75, 3.05) is 5.73 Å². The minimum absolute atomic E-state index is 0.0514. The molecule has 0 fully saturated rings. The molecule has 110 valence electrons. The van der Waals surface area contributed by atoms with Gasteiger partial charge in [-0.2, -0.15) is 13.5 Å². The third-order valence-corrected chi connectivity index (χ3v) is 4.00. The minimum atomic E-state index is -4.43. The van der Waals surface area contributed by atoms with E-state index in [0.29, 0.717) is 16.8 Å². The topological polar surface area (TPSA) is 105 Å². The Kier molecular flexibility index (Phi) is 4.06. The van der Waals surface area contributed by atoms with Crippen LogP contribution in [0.15, 0.2) is 51.5 Å². The third kappa shape index (κ3) is 3.26. The Hall–Kier alpha value is -2.25. The van der Waals surface area contributed by atoms with Crippen molar-refractivity contribution in [3.05, 3.63) is 47.5 Å². The number of aryl methyl sites for hydroxylation is 1. The van der Waals surface area contributed by atoms with E-state index in [1.54, 1.807) is 38.1 Å². The maximum atomic E-state index is 11.5. The molecule has 3 N–H and O–H groups in total. The van der Waals surface area contributed by atoms with Crippen LogP contribution < -0.4 is 5.73 Å². The maximum Gasteiger partial charge on any atom is 0.296 e. The molecule has 0 radical (unpaired) electrons. The van der Waals surface area contributed by atoms with Gasteiger partial charge >= 0.3 is 0 Å². The van der Waals surface area contributed by atoms with Gasteiger partial charge in [0.05, 0.1) is 11.4 Å². The molecule has 0 unspecified atom stereocenters. The molecular weight excluding hydrogens is 290 g/mol. The minimum Gasteiger partial charge on any atom is -0.397 e. The quantitative estimate of drug-likeness (QED) is 0.514. The van der Waals surface area contributed by atoms with Crippen LogP contribution in [0.5, 0.6) is 0 Å². The highest BCUT2D eigenvalue weighted by molar-refractivity contribution is 7.86. The summed E-state index contributed by atoms with van der Waals surface area (Å²) in [7, 11) is -4.43. The van der Waals surface area contributed by atoms with E-state index >= 15 is 0 Å². The predicted molar refractivity (Wildman–Crippen MR) is 80.8 cm³/mol. The van der Waals surface area contributed by atoms with Crippen LogP contribution in [0.4, 0.5) is 17.1 Å². The summed E-state index contributed by atoms with van der Waals surface area (Å²) in [4.78, 5) is -0.345. The summed E-state index contributed by atoms with van der Waals surface area (Å²) >= 11 is 0. The maximum absolute atomic E-state index is 11.5. The first kappa shape index (κ1) is 15.1. The van der Waals surface area contributed by atoms with Crippen LogP contribution in [-0.4, -0.2) is 13.0 Å². The molecule has 2 aromatic carbocycles. The van der Waals surface area contributed by atoms with Crippen LogP contribution in [-0.2, 0) is 10.1 Å². The van der Waals surface area contributed by atoms with E-state index in [2.05, 4.69) is 10.2 Å². The highest BCUT2D eigenvalue weighted by Crippen LogP contribution is 2.36. The lowest BCUT2D eigenvalue weighted by Gasteiger charge is -2.11. The highest BCUT2D eigenvalue weighted by Gasteiger charge is 2.20. The molecule has 2 rings (SSSR count). The molecule has 0 aromatic heterocycles. The highest BCUT2D eigenvalue weighted by atomic mass is 32.2. The standard InChI is InChI=1S/C14H15N3O3S/c1-9-8-12(21(18,19)20)14(13(15)10(9)2)17-16-11-6-4-3-5-7-11/h3-8H,15H2,1-2H3,(H,18,19,20)/b17-16+. The Bertz CT molecular complexity index is 800. The molecule has 2 aromatic rings. The zero-order valence-corrected chi connectivity index (χ0v) is 12.4. The van der Waals surface area contributed by atoms with E-state index in [4.69, 9.17) is 5.73 Å². The summed E-state index contributed by atoms with van der Waals surface area (Å²) in [5.41, 5.74) is 7.95. The number of nitrogens with two attached hydrogens (primary N) is 1. The number of anilines is 1. The average molecular weight is 305 g/mol. The number of nitrogens with zero attached hydrogens (tertiary/aromatic N) is 2. The number of hydrogen-bond donors (Lipinski definition) is 2. The lowest BCUT2D eigenvalue weighted by atomic mass is 10.1. The Morgan fingerprint density at radius 3 is 2.29 bits per heavy atom. The molecule has 21 heavy (non-hydrogen) atoms. The first-order valence-corrected chi connectivity index (χ1v) is 7.58. The predicted octanol–water partition coefficient (Wildman–Crippen LogP) is 3.55. The van der Waals surface area contributed by atoms with Crippen molar-refractivity contribution >= 4 is 27.2 Å². The van der Waals surface area contributed by atoms with Crippen LogP contribution in [0.2, 0.25) is 0 Å². The molecule has 0 amide bonds. The van der Waals surface area contributed by atoms with Crippen LogP contribution in [0.1, 0.15) is 11.1 Å². The number of hydrogen-bond acceptors (Lipinski definition) is 5. The van der Waals surface area contributed by atoms with E-state index in [1.165, 1.54) is 6.07 Å². The first-order chi connectivity index (χ1) is 9.80. The van der Waals surface area contributed by atoms with Gasteiger partial charge in [-0.25, -0.2) is 0 Å². The summed E-state index contributed by atoms with van der Waals surface area (Å²) in [6.45, 7) is 3.46. The van der Waals surface area contributed by atoms with Crippen molar-refractivity contribution in [2.45, 2.75) is 18.7 Å². The molecule has 0 atom stereocenters. The van der Waals surface area contributed by atoms with Gasteiger partial charge in [0.25, 0.3) is 10.1 Å². The zero-order chi connectivity index (χ0) is 15.6. The SMILES string of the molecule is Cc1cc(S(=O)(=O)O)c(/N=N/c2ccccc2)c(N)c1C. The van der Waals surface area contributed by atoms with Crippen molar-refractivity contribution in [2.24, 2.45) is 10.2 Å². The Balaban J connectivity index is 2.62. The van der Waals surface area contributed by atoms with E-state index in [0.717, 1.165) is 0 Å². The third-order valence-electron chi connectivity index (χ3n) is 3.13. The van der Waals surface area contributed by atoms with Gasteiger partial charge in [0.1, 0.15) is 10.6 Å². The fourth-order valence-electron chi connectivity index (χ4n) is 1.80. The van der Waals surface area contributed by atoms with Crippen molar-refractivity contribution in [3.63, 3.8) is 0 Å². The lowest BCUT2D eigenvalue weighted by molar-refractivity contribution is 0.483. The molecule has 0 spiro atoms. The molecule has 0 aliphatic heterocycles. The average Bonchev–Trinajstić information content (AvgIpc) is 2.43. The molecule has 0 heterocycles. The van der Waals surface area contributed by atoms with E-state index in [9.17, 15) is 13.0 Å². The molecular formula is C14H15N3O3S. The molecule has 0 saturated carbocycles. The summed E-state index contributed by atoms with van der Waals surface area (Å²) in [5.74, 6) is 0. The van der Waals surface area contributed by atoms with Crippen LogP contribution in [0.3, 0.4) is 0 Å². The second-order valence-electron chi connectivity index (χ2n) is 4.59. The van der Waals surface area contributed by atoms with Gasteiger partial charge in [-0.15, -0.1) is 5.11 Å². The van der Waals surface area contributed by atoms with Gasteiger partial charge in [-0.3, -0.25) is 4.55 Å². The zero-order valence-electron chi connectivity index (χ0n) is 11.6. The molecule has 0 aliphatic rings. The van der Waals surface area contributed by atoms with E-state index in [-0.39, 0.29) is 16.3 Å². The number of azo groups is 1. The molecule has 6 nitrogen and oxygen atoms in total. The number of nitrogen functional groups attached to an aromatic ring is 1. The van der Waals surface area contributed by atoms with E-state index < -0.39 is 10.1 Å². The fourth-order valence-corrected chi connectivity index (χ4v) is 2.52. The smallest absolute Gasteiger partial charge is 0.296 e. The molecule has 0 saturated heterocycles. The summed E-state index contributed by atoms with van der Waals surface area (Å²) in [6.07, 6.45) is 0. The number of rotatable bonds is 3. The first-order valence-electron chi connectivity index (χ1n) is 6.14.